The van der Waals surface area contributed by atoms with E-state index in [9.17, 15) is 4.79 Å². The van der Waals surface area contributed by atoms with Gasteiger partial charge in [0.1, 0.15) is 5.75 Å². The van der Waals surface area contributed by atoms with Crippen LogP contribution < -0.4 is 10.1 Å². The number of carbonyl (C=O) groups excluding carboxylic acids is 1. The van der Waals surface area contributed by atoms with Gasteiger partial charge in [0.05, 0.1) is 6.04 Å². The molecule has 2 aromatic rings. The fourth-order valence-corrected chi connectivity index (χ4v) is 2.54. The third kappa shape index (κ3) is 4.59. The van der Waals surface area contributed by atoms with Crippen molar-refractivity contribution in [1.82, 2.24) is 5.32 Å². The number of aryl methyl sites for hydroxylation is 2. The Kier molecular flexibility index (Phi) is 5.80. The molecule has 3 nitrogen and oxygen atoms in total. The number of hydrogen-bond acceptors (Lipinski definition) is 2. The molecule has 3 heteroatoms. The summed E-state index contributed by atoms with van der Waals surface area (Å²) in [5.41, 5.74) is 3.32. The van der Waals surface area contributed by atoms with E-state index in [0.29, 0.717) is 6.42 Å². The van der Waals surface area contributed by atoms with Crippen LogP contribution in [-0.4, -0.2) is 12.0 Å². The van der Waals surface area contributed by atoms with E-state index in [1.807, 2.05) is 70.2 Å². The molecule has 0 saturated carbocycles. The smallest absolute Gasteiger partial charge is 0.261 e. The Morgan fingerprint density at radius 3 is 2.43 bits per heavy atom. The zero-order chi connectivity index (χ0) is 16.8. The molecule has 0 bridgehead atoms. The summed E-state index contributed by atoms with van der Waals surface area (Å²) in [5, 5.41) is 3.03. The van der Waals surface area contributed by atoms with Gasteiger partial charge in [-0.1, -0.05) is 55.0 Å². The van der Waals surface area contributed by atoms with Gasteiger partial charge in [-0.05, 0) is 44.4 Å². The van der Waals surface area contributed by atoms with Gasteiger partial charge < -0.3 is 10.1 Å². The molecule has 0 fully saturated rings. The molecule has 0 radical (unpaired) electrons. The van der Waals surface area contributed by atoms with Crippen molar-refractivity contribution >= 4 is 5.91 Å². The van der Waals surface area contributed by atoms with E-state index in [2.05, 4.69) is 11.4 Å². The molecule has 0 saturated heterocycles. The second-order valence-corrected chi connectivity index (χ2v) is 5.92. The lowest BCUT2D eigenvalue weighted by molar-refractivity contribution is -0.128. The van der Waals surface area contributed by atoms with Crippen LogP contribution in [0.4, 0.5) is 0 Å². The zero-order valence-electron chi connectivity index (χ0n) is 14.3. The summed E-state index contributed by atoms with van der Waals surface area (Å²) in [6.07, 6.45) is 0.142. The van der Waals surface area contributed by atoms with Crippen LogP contribution in [-0.2, 0) is 4.79 Å². The monoisotopic (exact) mass is 311 g/mol. The van der Waals surface area contributed by atoms with E-state index in [1.165, 1.54) is 5.56 Å². The minimum Gasteiger partial charge on any atom is -0.480 e. The normalized spacial score (nSPS) is 13.2. The van der Waals surface area contributed by atoms with Crippen LogP contribution in [0.2, 0.25) is 0 Å². The van der Waals surface area contributed by atoms with Gasteiger partial charge >= 0.3 is 0 Å². The molecule has 2 aromatic carbocycles. The van der Waals surface area contributed by atoms with E-state index < -0.39 is 6.10 Å². The topological polar surface area (TPSA) is 38.3 Å². The first-order valence-corrected chi connectivity index (χ1v) is 8.10. The highest BCUT2D eigenvalue weighted by Gasteiger charge is 2.21. The lowest BCUT2D eigenvalue weighted by atomic mass is 10.1. The first-order valence-electron chi connectivity index (χ1n) is 8.10. The molecule has 1 N–H and O–H groups in total. The molecule has 122 valence electrons. The van der Waals surface area contributed by atoms with E-state index in [4.69, 9.17) is 4.74 Å². The van der Waals surface area contributed by atoms with Crippen molar-refractivity contribution in [3.8, 4) is 5.75 Å². The largest absolute Gasteiger partial charge is 0.480 e. The Labute approximate surface area is 138 Å². The molecule has 0 spiro atoms. The number of rotatable bonds is 6. The second kappa shape index (κ2) is 7.82. The Bertz CT molecular complexity index is 652. The van der Waals surface area contributed by atoms with E-state index >= 15 is 0 Å². The van der Waals surface area contributed by atoms with Crippen molar-refractivity contribution in [2.24, 2.45) is 0 Å². The summed E-state index contributed by atoms with van der Waals surface area (Å²) in [7, 11) is 0. The fourth-order valence-electron chi connectivity index (χ4n) is 2.54. The van der Waals surface area contributed by atoms with Crippen LogP contribution >= 0.6 is 0 Å². The second-order valence-electron chi connectivity index (χ2n) is 5.92. The first kappa shape index (κ1) is 17.1. The molecule has 0 aliphatic heterocycles. The summed E-state index contributed by atoms with van der Waals surface area (Å²) in [4.78, 5) is 12.5. The van der Waals surface area contributed by atoms with Crippen LogP contribution in [0.3, 0.4) is 0 Å². The molecule has 2 rings (SSSR count). The van der Waals surface area contributed by atoms with Crippen molar-refractivity contribution in [2.45, 2.75) is 46.3 Å². The number of ether oxygens (including phenoxy) is 1. The molecule has 0 aliphatic rings. The third-order valence-electron chi connectivity index (χ3n) is 3.92. The maximum atomic E-state index is 12.5. The van der Waals surface area contributed by atoms with Crippen molar-refractivity contribution in [1.29, 1.82) is 0 Å². The number of benzene rings is 2. The highest BCUT2D eigenvalue weighted by Crippen LogP contribution is 2.21. The predicted molar refractivity (Wildman–Crippen MR) is 93.6 cm³/mol. The molecule has 0 aromatic heterocycles. The van der Waals surface area contributed by atoms with Crippen molar-refractivity contribution in [3.05, 3.63) is 65.2 Å². The maximum absolute atomic E-state index is 12.5. The summed E-state index contributed by atoms with van der Waals surface area (Å²) < 4.78 is 5.94. The molecular weight excluding hydrogens is 286 g/mol. The molecule has 23 heavy (non-hydrogen) atoms. The van der Waals surface area contributed by atoms with Gasteiger partial charge in [-0.3, -0.25) is 4.79 Å². The summed E-state index contributed by atoms with van der Waals surface area (Å²) in [6.45, 7) is 7.99. The summed E-state index contributed by atoms with van der Waals surface area (Å²) in [5.74, 6) is 0.689. The number of carbonyl (C=O) groups is 1. The minimum atomic E-state index is -0.484. The quantitative estimate of drug-likeness (QED) is 0.862. The van der Waals surface area contributed by atoms with Crippen LogP contribution in [0.15, 0.2) is 48.5 Å². The average Bonchev–Trinajstić information content (AvgIpc) is 2.54. The Balaban J connectivity index is 2.03. The highest BCUT2D eigenvalue weighted by atomic mass is 16.5. The Morgan fingerprint density at radius 2 is 1.83 bits per heavy atom. The van der Waals surface area contributed by atoms with Gasteiger partial charge in [0.25, 0.3) is 5.91 Å². The first-order chi connectivity index (χ1) is 11.0. The van der Waals surface area contributed by atoms with Crippen molar-refractivity contribution in [3.63, 3.8) is 0 Å². The average molecular weight is 311 g/mol. The van der Waals surface area contributed by atoms with Crippen LogP contribution in [0.1, 0.15) is 43.0 Å². The number of amides is 1. The Hall–Kier alpha value is -2.29. The van der Waals surface area contributed by atoms with E-state index in [-0.39, 0.29) is 11.9 Å². The van der Waals surface area contributed by atoms with E-state index in [0.717, 1.165) is 16.9 Å². The lowest BCUT2D eigenvalue weighted by Gasteiger charge is -2.21. The van der Waals surface area contributed by atoms with Gasteiger partial charge in [-0.2, -0.15) is 0 Å². The molecule has 0 aliphatic carbocycles. The van der Waals surface area contributed by atoms with Crippen molar-refractivity contribution < 1.29 is 9.53 Å². The highest BCUT2D eigenvalue weighted by molar-refractivity contribution is 5.81. The fraction of sp³-hybridized carbons (Fsp3) is 0.350. The van der Waals surface area contributed by atoms with Crippen molar-refractivity contribution in [2.75, 3.05) is 0 Å². The van der Waals surface area contributed by atoms with Crippen LogP contribution in [0, 0.1) is 13.8 Å². The summed E-state index contributed by atoms with van der Waals surface area (Å²) in [6, 6.07) is 15.9. The van der Waals surface area contributed by atoms with Gasteiger partial charge in [0, 0.05) is 0 Å². The number of nitrogens with one attached hydrogen (secondary N) is 1. The van der Waals surface area contributed by atoms with Crippen LogP contribution in [0.5, 0.6) is 5.75 Å². The SMILES string of the molecule is CC[C@H](Oc1ccc(C)cc1C)C(=O)N[C@H](C)c1ccccc1. The summed E-state index contributed by atoms with van der Waals surface area (Å²) >= 11 is 0. The third-order valence-corrected chi connectivity index (χ3v) is 3.92. The molecule has 0 unspecified atom stereocenters. The lowest BCUT2D eigenvalue weighted by Crippen LogP contribution is -2.39. The molecule has 1 amide bonds. The number of hydrogen-bond donors (Lipinski definition) is 1. The maximum Gasteiger partial charge on any atom is 0.261 e. The minimum absolute atomic E-state index is 0.0412. The van der Waals surface area contributed by atoms with Gasteiger partial charge in [0.15, 0.2) is 6.10 Å². The van der Waals surface area contributed by atoms with Gasteiger partial charge in [-0.15, -0.1) is 0 Å². The van der Waals surface area contributed by atoms with E-state index in [1.54, 1.807) is 0 Å². The van der Waals surface area contributed by atoms with Crippen LogP contribution in [0.25, 0.3) is 0 Å². The predicted octanol–water partition coefficient (Wildman–Crippen LogP) is 4.34. The molecule has 2 atom stereocenters. The zero-order valence-corrected chi connectivity index (χ0v) is 14.3. The standard InChI is InChI=1S/C20H25NO2/c1-5-18(23-19-12-11-14(2)13-15(19)3)20(22)21-16(4)17-9-7-6-8-10-17/h6-13,16,18H,5H2,1-4H3,(H,21,22)/t16-,18+/m1/s1. The van der Waals surface area contributed by atoms with Gasteiger partial charge in [-0.25, -0.2) is 0 Å². The molecule has 0 heterocycles. The molecular formula is C20H25NO2. The van der Waals surface area contributed by atoms with Gasteiger partial charge in [0.2, 0.25) is 0 Å². The Morgan fingerprint density at radius 1 is 1.13 bits per heavy atom.